The van der Waals surface area contributed by atoms with Crippen LogP contribution in [-0.2, 0) is 0 Å². The van der Waals surface area contributed by atoms with Crippen LogP contribution in [0.4, 0.5) is 0 Å². The molecule has 0 aliphatic carbocycles. The second-order valence-corrected chi connectivity index (χ2v) is 4.09. The van der Waals surface area contributed by atoms with Crippen molar-refractivity contribution in [2.75, 3.05) is 6.61 Å². The van der Waals surface area contributed by atoms with Crippen LogP contribution in [0.5, 0.6) is 0 Å². The van der Waals surface area contributed by atoms with Crippen LogP contribution in [0, 0.1) is 0 Å². The van der Waals surface area contributed by atoms with Gasteiger partial charge in [0.15, 0.2) is 0 Å². The molecule has 0 saturated carbocycles. The maximum atomic E-state index is 9.61. The van der Waals surface area contributed by atoms with Crippen molar-refractivity contribution in [3.8, 4) is 0 Å². The number of aliphatic hydroxyl groups is 2. The summed E-state index contributed by atoms with van der Waals surface area (Å²) < 4.78 is 0.930. The summed E-state index contributed by atoms with van der Waals surface area (Å²) in [6.07, 6.45) is 0.790. The van der Waals surface area contributed by atoms with E-state index in [9.17, 15) is 5.11 Å². The fraction of sp³-hybridized carbons (Fsp3) is 0.182. The molecule has 1 unspecified atom stereocenters. The maximum absolute atomic E-state index is 9.61. The Hall–Kier alpha value is -0.970. The number of nitrogens with zero attached hydrogens (tertiary/aromatic N) is 1. The Labute approximate surface area is 95.5 Å². The van der Waals surface area contributed by atoms with Crippen molar-refractivity contribution < 1.29 is 10.2 Å². The van der Waals surface area contributed by atoms with Crippen molar-refractivity contribution in [1.29, 1.82) is 0 Å². The minimum atomic E-state index is -0.879. The molecule has 3 nitrogen and oxygen atoms in total. The minimum absolute atomic E-state index is 0.298. The van der Waals surface area contributed by atoms with Crippen molar-refractivity contribution >= 4 is 26.8 Å². The first-order valence-electron chi connectivity index (χ1n) is 4.56. The lowest BCUT2D eigenvalue weighted by Crippen LogP contribution is -2.03. The van der Waals surface area contributed by atoms with Gasteiger partial charge in [-0.25, -0.2) is 0 Å². The van der Waals surface area contributed by atoms with E-state index in [4.69, 9.17) is 5.11 Å². The zero-order valence-corrected chi connectivity index (χ0v) is 9.48. The Kier molecular flexibility index (Phi) is 3.00. The van der Waals surface area contributed by atoms with E-state index in [1.165, 1.54) is 0 Å². The summed E-state index contributed by atoms with van der Waals surface area (Å²) in [6.45, 7) is -0.298. The molecule has 0 fully saturated rings. The molecule has 0 amide bonds. The van der Waals surface area contributed by atoms with Crippen molar-refractivity contribution in [2.45, 2.75) is 6.10 Å². The largest absolute Gasteiger partial charge is 0.393 e. The van der Waals surface area contributed by atoms with Gasteiger partial charge in [-0.05, 0) is 12.1 Å². The monoisotopic (exact) mass is 267 g/mol. The highest BCUT2D eigenvalue weighted by Crippen LogP contribution is 2.28. The van der Waals surface area contributed by atoms with Crippen molar-refractivity contribution in [3.05, 3.63) is 40.5 Å². The molecule has 1 aromatic carbocycles. The van der Waals surface area contributed by atoms with Gasteiger partial charge in [-0.15, -0.1) is 0 Å². The van der Waals surface area contributed by atoms with Crippen LogP contribution < -0.4 is 0 Å². The van der Waals surface area contributed by atoms with E-state index in [1.807, 2.05) is 18.2 Å². The first kappa shape index (κ1) is 10.5. The lowest BCUT2D eigenvalue weighted by molar-refractivity contribution is 0.0966. The SMILES string of the molecule is OCC(O)c1ccc(Br)c2cccnc12. The fourth-order valence-electron chi connectivity index (χ4n) is 1.53. The molecule has 1 heterocycles. The van der Waals surface area contributed by atoms with Gasteiger partial charge >= 0.3 is 0 Å². The molecule has 2 rings (SSSR count). The molecular formula is C11H10BrNO2. The summed E-state index contributed by atoms with van der Waals surface area (Å²) >= 11 is 3.42. The lowest BCUT2D eigenvalue weighted by Gasteiger charge is -2.11. The van der Waals surface area contributed by atoms with Gasteiger partial charge in [0, 0.05) is 21.6 Å². The second kappa shape index (κ2) is 4.26. The number of pyridine rings is 1. The number of hydrogen-bond acceptors (Lipinski definition) is 3. The topological polar surface area (TPSA) is 53.4 Å². The number of rotatable bonds is 2. The third kappa shape index (κ3) is 1.88. The van der Waals surface area contributed by atoms with E-state index < -0.39 is 6.10 Å². The molecule has 1 atom stereocenters. The summed E-state index contributed by atoms with van der Waals surface area (Å²) in [5, 5.41) is 19.5. The maximum Gasteiger partial charge on any atom is 0.104 e. The van der Waals surface area contributed by atoms with Gasteiger partial charge in [0.2, 0.25) is 0 Å². The standard InChI is InChI=1S/C11H10BrNO2/c12-9-4-3-8(10(15)6-14)11-7(9)2-1-5-13-11/h1-5,10,14-15H,6H2. The predicted octanol–water partition coefficient (Wildman–Crippen LogP) is 2.02. The van der Waals surface area contributed by atoms with Crippen molar-refractivity contribution in [3.63, 3.8) is 0 Å². The number of hydrogen-bond donors (Lipinski definition) is 2. The summed E-state index contributed by atoms with van der Waals surface area (Å²) in [4.78, 5) is 4.21. The molecule has 0 spiro atoms. The molecule has 2 aromatic rings. The lowest BCUT2D eigenvalue weighted by atomic mass is 10.1. The number of aromatic nitrogens is 1. The Balaban J connectivity index is 2.71. The van der Waals surface area contributed by atoms with Crippen LogP contribution in [0.2, 0.25) is 0 Å². The zero-order valence-electron chi connectivity index (χ0n) is 7.89. The van der Waals surface area contributed by atoms with Crippen LogP contribution in [0.25, 0.3) is 10.9 Å². The molecule has 15 heavy (non-hydrogen) atoms. The van der Waals surface area contributed by atoms with Crippen LogP contribution >= 0.6 is 15.9 Å². The smallest absolute Gasteiger partial charge is 0.104 e. The highest BCUT2D eigenvalue weighted by Gasteiger charge is 2.12. The van der Waals surface area contributed by atoms with Gasteiger partial charge in [-0.3, -0.25) is 4.98 Å². The summed E-state index contributed by atoms with van der Waals surface area (Å²) in [6, 6.07) is 7.36. The Morgan fingerprint density at radius 3 is 2.87 bits per heavy atom. The Morgan fingerprint density at radius 2 is 2.13 bits per heavy atom. The number of aliphatic hydroxyl groups excluding tert-OH is 2. The first-order chi connectivity index (χ1) is 7.24. The van der Waals surface area contributed by atoms with E-state index in [-0.39, 0.29) is 6.61 Å². The van der Waals surface area contributed by atoms with Gasteiger partial charge in [0.25, 0.3) is 0 Å². The normalized spacial score (nSPS) is 13.0. The van der Waals surface area contributed by atoms with Crippen LogP contribution in [0.1, 0.15) is 11.7 Å². The van der Waals surface area contributed by atoms with Gasteiger partial charge in [0.05, 0.1) is 12.1 Å². The minimum Gasteiger partial charge on any atom is -0.393 e. The molecule has 78 valence electrons. The van der Waals surface area contributed by atoms with Gasteiger partial charge < -0.3 is 10.2 Å². The average Bonchev–Trinajstić information content (AvgIpc) is 2.29. The third-order valence-corrected chi connectivity index (χ3v) is 2.97. The molecule has 0 aliphatic rings. The highest BCUT2D eigenvalue weighted by molar-refractivity contribution is 9.10. The van der Waals surface area contributed by atoms with Crippen molar-refractivity contribution in [2.24, 2.45) is 0 Å². The fourth-order valence-corrected chi connectivity index (χ4v) is 1.98. The summed E-state index contributed by atoms with van der Waals surface area (Å²) in [5.74, 6) is 0. The van der Waals surface area contributed by atoms with Crippen LogP contribution in [0.3, 0.4) is 0 Å². The predicted molar refractivity (Wildman–Crippen MR) is 61.5 cm³/mol. The van der Waals surface area contributed by atoms with E-state index >= 15 is 0 Å². The highest BCUT2D eigenvalue weighted by atomic mass is 79.9. The van der Waals surface area contributed by atoms with Gasteiger partial charge in [-0.1, -0.05) is 28.1 Å². The third-order valence-electron chi connectivity index (χ3n) is 2.28. The number of benzene rings is 1. The molecule has 0 radical (unpaired) electrons. The second-order valence-electron chi connectivity index (χ2n) is 3.23. The van der Waals surface area contributed by atoms with E-state index in [1.54, 1.807) is 12.3 Å². The summed E-state index contributed by atoms with van der Waals surface area (Å²) in [5.41, 5.74) is 1.37. The molecule has 4 heteroatoms. The van der Waals surface area contributed by atoms with Crippen LogP contribution in [-0.4, -0.2) is 21.8 Å². The van der Waals surface area contributed by atoms with Gasteiger partial charge in [-0.2, -0.15) is 0 Å². The van der Waals surface area contributed by atoms with Crippen LogP contribution in [0.15, 0.2) is 34.9 Å². The zero-order chi connectivity index (χ0) is 10.8. The number of fused-ring (bicyclic) bond motifs is 1. The molecule has 0 aliphatic heterocycles. The van der Waals surface area contributed by atoms with E-state index in [0.29, 0.717) is 11.1 Å². The average molecular weight is 268 g/mol. The van der Waals surface area contributed by atoms with Gasteiger partial charge in [0.1, 0.15) is 6.10 Å². The first-order valence-corrected chi connectivity index (χ1v) is 5.35. The van der Waals surface area contributed by atoms with Crippen molar-refractivity contribution in [1.82, 2.24) is 4.98 Å². The molecule has 0 bridgehead atoms. The van der Waals surface area contributed by atoms with E-state index in [2.05, 4.69) is 20.9 Å². The van der Waals surface area contributed by atoms with E-state index in [0.717, 1.165) is 9.86 Å². The number of halogens is 1. The molecule has 0 saturated heterocycles. The summed E-state index contributed by atoms with van der Waals surface area (Å²) in [7, 11) is 0. The molecular weight excluding hydrogens is 258 g/mol. The molecule has 1 aromatic heterocycles. The molecule has 2 N–H and O–H groups in total. The Morgan fingerprint density at radius 1 is 1.33 bits per heavy atom. The Bertz CT molecular complexity index is 487. The quantitative estimate of drug-likeness (QED) is 0.876.